The fraction of sp³-hybridized carbons (Fsp3) is 0.154. The Morgan fingerprint density at radius 2 is 1.73 bits per heavy atom. The number of hydrogen-bond acceptors (Lipinski definition) is 4. The summed E-state index contributed by atoms with van der Waals surface area (Å²) in [5.74, 6) is 0.780. The summed E-state index contributed by atoms with van der Waals surface area (Å²) >= 11 is 0. The van der Waals surface area contributed by atoms with Gasteiger partial charge in [0.25, 0.3) is 0 Å². The van der Waals surface area contributed by atoms with Gasteiger partial charge in [0.05, 0.1) is 32.0 Å². The van der Waals surface area contributed by atoms with E-state index in [9.17, 15) is 9.18 Å². The number of halogens is 1. The maximum absolute atomic E-state index is 13.4. The van der Waals surface area contributed by atoms with E-state index < -0.39 is 0 Å². The fourth-order valence-corrected chi connectivity index (χ4v) is 3.53. The quantitative estimate of drug-likeness (QED) is 0.432. The van der Waals surface area contributed by atoms with Crippen LogP contribution in [0.2, 0.25) is 0 Å². The molecule has 0 radical (unpaired) electrons. The minimum Gasteiger partial charge on any atom is -0.497 e. The molecule has 3 aromatic carbocycles. The van der Waals surface area contributed by atoms with Gasteiger partial charge in [-0.1, -0.05) is 24.3 Å². The molecule has 6 nitrogen and oxygen atoms in total. The third kappa shape index (κ3) is 5.20. The highest BCUT2D eigenvalue weighted by Crippen LogP contribution is 2.26. The molecular formula is C26H24FN3O3. The first-order valence-corrected chi connectivity index (χ1v) is 10.4. The lowest BCUT2D eigenvalue weighted by Crippen LogP contribution is -2.24. The van der Waals surface area contributed by atoms with Gasteiger partial charge in [-0.15, -0.1) is 0 Å². The van der Waals surface area contributed by atoms with Crippen molar-refractivity contribution in [3.8, 4) is 28.4 Å². The number of carbonyl (C=O) groups is 1. The molecule has 1 N–H and O–H groups in total. The Bertz CT molecular complexity index is 1240. The molecular weight excluding hydrogens is 421 g/mol. The summed E-state index contributed by atoms with van der Waals surface area (Å²) in [6.45, 7) is 0.275. The van der Waals surface area contributed by atoms with Crippen molar-refractivity contribution in [3.05, 3.63) is 95.9 Å². The van der Waals surface area contributed by atoms with Gasteiger partial charge in [-0.2, -0.15) is 5.10 Å². The summed E-state index contributed by atoms with van der Waals surface area (Å²) in [6, 6.07) is 21.2. The first kappa shape index (κ1) is 22.1. The van der Waals surface area contributed by atoms with Crippen LogP contribution in [0, 0.1) is 5.82 Å². The van der Waals surface area contributed by atoms with Gasteiger partial charge in [0.15, 0.2) is 0 Å². The number of carbonyl (C=O) groups excluding carboxylic acids is 1. The molecule has 0 unspecified atom stereocenters. The second kappa shape index (κ2) is 9.99. The van der Waals surface area contributed by atoms with Gasteiger partial charge < -0.3 is 14.8 Å². The number of hydrogen-bond donors (Lipinski definition) is 1. The van der Waals surface area contributed by atoms with E-state index in [1.807, 2.05) is 42.6 Å². The van der Waals surface area contributed by atoms with E-state index in [4.69, 9.17) is 14.6 Å². The van der Waals surface area contributed by atoms with Crippen LogP contribution in [-0.2, 0) is 17.8 Å². The zero-order valence-corrected chi connectivity index (χ0v) is 18.4. The Kier molecular flexibility index (Phi) is 6.69. The van der Waals surface area contributed by atoms with E-state index in [2.05, 4.69) is 5.32 Å². The third-order valence-corrected chi connectivity index (χ3v) is 5.25. The summed E-state index contributed by atoms with van der Waals surface area (Å²) in [5.41, 5.74) is 3.92. The van der Waals surface area contributed by atoms with E-state index in [0.717, 1.165) is 22.4 Å². The van der Waals surface area contributed by atoms with Crippen LogP contribution in [0.25, 0.3) is 16.9 Å². The van der Waals surface area contributed by atoms with Crippen molar-refractivity contribution in [3.63, 3.8) is 0 Å². The van der Waals surface area contributed by atoms with Gasteiger partial charge in [-0.05, 0) is 42.5 Å². The Balaban J connectivity index is 1.55. The minimum absolute atomic E-state index is 0.156. The number of aromatic nitrogens is 2. The summed E-state index contributed by atoms with van der Waals surface area (Å²) in [4.78, 5) is 12.7. The van der Waals surface area contributed by atoms with Gasteiger partial charge in [0.1, 0.15) is 17.3 Å². The number of methoxy groups -OCH3 is 2. The molecule has 168 valence electrons. The summed E-state index contributed by atoms with van der Waals surface area (Å²) in [7, 11) is 3.14. The molecule has 0 aliphatic heterocycles. The third-order valence-electron chi connectivity index (χ3n) is 5.25. The van der Waals surface area contributed by atoms with Crippen LogP contribution in [0.1, 0.15) is 11.1 Å². The maximum Gasteiger partial charge on any atom is 0.224 e. The smallest absolute Gasteiger partial charge is 0.224 e. The number of benzene rings is 3. The van der Waals surface area contributed by atoms with Crippen molar-refractivity contribution in [1.82, 2.24) is 15.1 Å². The first-order valence-electron chi connectivity index (χ1n) is 10.4. The molecule has 1 aromatic heterocycles. The lowest BCUT2D eigenvalue weighted by Gasteiger charge is -2.11. The number of ether oxygens (including phenoxy) is 2. The molecule has 4 aromatic rings. The highest BCUT2D eigenvalue weighted by Gasteiger charge is 2.15. The number of rotatable bonds is 8. The van der Waals surface area contributed by atoms with Crippen LogP contribution in [-0.4, -0.2) is 29.9 Å². The normalized spacial score (nSPS) is 10.6. The van der Waals surface area contributed by atoms with Crippen LogP contribution in [0.15, 0.2) is 79.0 Å². The van der Waals surface area contributed by atoms with Crippen molar-refractivity contribution in [2.24, 2.45) is 0 Å². The van der Waals surface area contributed by atoms with Crippen molar-refractivity contribution in [2.45, 2.75) is 13.0 Å². The largest absolute Gasteiger partial charge is 0.497 e. The number of para-hydroxylation sites is 1. The fourth-order valence-electron chi connectivity index (χ4n) is 3.53. The van der Waals surface area contributed by atoms with Crippen molar-refractivity contribution >= 4 is 5.91 Å². The molecule has 0 aliphatic rings. The average molecular weight is 445 g/mol. The summed E-state index contributed by atoms with van der Waals surface area (Å²) in [5, 5.41) is 7.66. The molecule has 0 fully saturated rings. The number of nitrogens with one attached hydrogen (secondary N) is 1. The van der Waals surface area contributed by atoms with Crippen molar-refractivity contribution in [1.29, 1.82) is 0 Å². The molecule has 4 rings (SSSR count). The molecule has 0 bridgehead atoms. The monoisotopic (exact) mass is 445 g/mol. The van der Waals surface area contributed by atoms with Crippen LogP contribution in [0.4, 0.5) is 4.39 Å². The molecule has 0 aliphatic carbocycles. The van der Waals surface area contributed by atoms with E-state index in [1.165, 1.54) is 12.1 Å². The Morgan fingerprint density at radius 3 is 2.42 bits per heavy atom. The molecule has 0 saturated heterocycles. The van der Waals surface area contributed by atoms with E-state index in [-0.39, 0.29) is 24.7 Å². The molecule has 0 saturated carbocycles. The van der Waals surface area contributed by atoms with Crippen LogP contribution < -0.4 is 14.8 Å². The van der Waals surface area contributed by atoms with Crippen LogP contribution in [0.5, 0.6) is 11.5 Å². The Hall–Kier alpha value is -4.13. The van der Waals surface area contributed by atoms with Gasteiger partial charge in [0, 0.05) is 35.5 Å². The van der Waals surface area contributed by atoms with Crippen LogP contribution in [0.3, 0.4) is 0 Å². The van der Waals surface area contributed by atoms with Gasteiger partial charge >= 0.3 is 0 Å². The summed E-state index contributed by atoms with van der Waals surface area (Å²) in [6.07, 6.45) is 2.04. The highest BCUT2D eigenvalue weighted by atomic mass is 19.1. The maximum atomic E-state index is 13.4. The predicted molar refractivity (Wildman–Crippen MR) is 124 cm³/mol. The summed E-state index contributed by atoms with van der Waals surface area (Å²) < 4.78 is 25.8. The lowest BCUT2D eigenvalue weighted by molar-refractivity contribution is -0.120. The number of nitrogens with zero attached hydrogens (tertiary/aromatic N) is 2. The van der Waals surface area contributed by atoms with Crippen molar-refractivity contribution in [2.75, 3.05) is 14.2 Å². The van der Waals surface area contributed by atoms with E-state index in [0.29, 0.717) is 17.2 Å². The molecule has 1 amide bonds. The average Bonchev–Trinajstić information content (AvgIpc) is 3.28. The Morgan fingerprint density at radius 1 is 0.970 bits per heavy atom. The lowest BCUT2D eigenvalue weighted by atomic mass is 10.1. The van der Waals surface area contributed by atoms with Crippen LogP contribution >= 0.6 is 0 Å². The van der Waals surface area contributed by atoms with E-state index in [1.54, 1.807) is 43.2 Å². The molecule has 0 spiro atoms. The standard InChI is InChI=1S/C26H24FN3O3/c1-32-23-13-10-19(24(15-23)33-2)14-25(31)28-16-20-17-30(22-6-4-3-5-7-22)29-26(20)18-8-11-21(27)12-9-18/h3-13,15,17H,14,16H2,1-2H3,(H,28,31). The first-order chi connectivity index (χ1) is 16.1. The molecule has 0 atom stereocenters. The predicted octanol–water partition coefficient (Wildman–Crippen LogP) is 4.55. The topological polar surface area (TPSA) is 65.4 Å². The minimum atomic E-state index is -0.315. The van der Waals surface area contributed by atoms with Gasteiger partial charge in [-0.3, -0.25) is 4.79 Å². The van der Waals surface area contributed by atoms with E-state index >= 15 is 0 Å². The molecule has 7 heteroatoms. The molecule has 33 heavy (non-hydrogen) atoms. The Labute approximate surface area is 191 Å². The molecule has 1 heterocycles. The highest BCUT2D eigenvalue weighted by molar-refractivity contribution is 5.79. The second-order valence-corrected chi connectivity index (χ2v) is 7.42. The van der Waals surface area contributed by atoms with Gasteiger partial charge in [-0.25, -0.2) is 9.07 Å². The van der Waals surface area contributed by atoms with Gasteiger partial charge in [0.2, 0.25) is 5.91 Å². The number of amides is 1. The zero-order chi connectivity index (χ0) is 23.2. The SMILES string of the molecule is COc1ccc(CC(=O)NCc2cn(-c3ccccc3)nc2-c2ccc(F)cc2)c(OC)c1. The zero-order valence-electron chi connectivity index (χ0n) is 18.4. The van der Waals surface area contributed by atoms with Crippen molar-refractivity contribution < 1.29 is 18.7 Å². The second-order valence-electron chi connectivity index (χ2n) is 7.42.